The fourth-order valence-electron chi connectivity index (χ4n) is 4.94. The van der Waals surface area contributed by atoms with E-state index in [1.807, 2.05) is 30.3 Å². The van der Waals surface area contributed by atoms with E-state index in [4.69, 9.17) is 30.9 Å². The summed E-state index contributed by atoms with van der Waals surface area (Å²) in [7, 11) is -8.77. The lowest BCUT2D eigenvalue weighted by Crippen LogP contribution is -2.31. The summed E-state index contributed by atoms with van der Waals surface area (Å²) in [5.41, 5.74) is -1.96. The minimum Gasteiger partial charge on any atom is -0.495 e. The molecule has 1 aliphatic rings. The van der Waals surface area contributed by atoms with Crippen molar-refractivity contribution in [3.63, 3.8) is 0 Å². The molecule has 0 aromatic heterocycles. The number of sulfonamides is 1. The van der Waals surface area contributed by atoms with Gasteiger partial charge in [0.1, 0.15) is 16.4 Å². The average Bonchev–Trinajstić information content (AvgIpc) is 3.44. The highest BCUT2D eigenvalue weighted by molar-refractivity contribution is 7.89. The number of hydrogen-bond donors (Lipinski definition) is 2. The molecule has 5 rings (SSSR count). The van der Waals surface area contributed by atoms with E-state index in [-0.39, 0.29) is 29.3 Å². The highest BCUT2D eigenvalue weighted by Crippen LogP contribution is 2.60. The molecular formula is C30H27ClF2NO7PS. The summed E-state index contributed by atoms with van der Waals surface area (Å²) >= 11 is 6.07. The first kappa shape index (κ1) is 31.1. The Labute approximate surface area is 252 Å². The van der Waals surface area contributed by atoms with Crippen LogP contribution in [0.5, 0.6) is 11.5 Å². The predicted molar refractivity (Wildman–Crippen MR) is 158 cm³/mol. The largest absolute Gasteiger partial charge is 0.495 e. The van der Waals surface area contributed by atoms with Crippen LogP contribution in [0.2, 0.25) is 5.02 Å². The number of rotatable bonds is 10. The number of nitrogens with zero attached hydrogens (tertiary/aromatic N) is 1. The quantitative estimate of drug-likeness (QED) is 0.187. The van der Waals surface area contributed by atoms with E-state index in [2.05, 4.69) is 0 Å². The van der Waals surface area contributed by atoms with Crippen LogP contribution in [0.1, 0.15) is 22.3 Å². The summed E-state index contributed by atoms with van der Waals surface area (Å²) in [5, 5.41) is -0.610. The van der Waals surface area contributed by atoms with Crippen LogP contribution in [-0.2, 0) is 39.8 Å². The SMILES string of the molecule is COc1ccccc1S(=O)(=O)N(Cc1ccc(C(F)(F)P(=O)(O)O)c(Cl)c1)Cc1ccccc1-c1ccc2c(c1)CCO2. The van der Waals surface area contributed by atoms with Gasteiger partial charge in [-0.2, -0.15) is 13.1 Å². The van der Waals surface area contributed by atoms with Crippen LogP contribution in [-0.4, -0.2) is 36.2 Å². The van der Waals surface area contributed by atoms with Crippen molar-refractivity contribution in [2.75, 3.05) is 13.7 Å². The second-order valence-corrected chi connectivity index (χ2v) is 13.9. The number of benzene rings is 4. The number of fused-ring (bicyclic) bond motifs is 1. The fraction of sp³-hybridized carbons (Fsp3) is 0.200. The predicted octanol–water partition coefficient (Wildman–Crippen LogP) is 6.57. The summed E-state index contributed by atoms with van der Waals surface area (Å²) in [6, 6.07) is 22.3. The maximum atomic E-state index is 14.4. The second-order valence-electron chi connectivity index (χ2n) is 9.90. The zero-order valence-electron chi connectivity index (χ0n) is 22.8. The number of ether oxygens (including phenoxy) is 2. The third kappa shape index (κ3) is 6.20. The van der Waals surface area contributed by atoms with Gasteiger partial charge < -0.3 is 19.3 Å². The van der Waals surface area contributed by atoms with E-state index < -0.39 is 33.9 Å². The Hall–Kier alpha value is -3.31. The standard InChI is InChI=1S/C30H27ClF2NO7PS/c1-40-28-8-4-5-9-29(28)43(38,39)34(18-20-10-12-25(26(31)16-20)30(32,33)42(35,36)37)19-23-6-2-3-7-24(23)21-11-13-27-22(17-21)14-15-41-27/h2-13,16-17H,14-15,18-19H2,1H3,(H2,35,36,37). The molecule has 0 bridgehead atoms. The number of hydrogen-bond acceptors (Lipinski definition) is 5. The molecule has 0 radical (unpaired) electrons. The molecule has 13 heteroatoms. The lowest BCUT2D eigenvalue weighted by molar-refractivity contribution is 0.0565. The van der Waals surface area contributed by atoms with Crippen molar-refractivity contribution >= 4 is 29.2 Å². The van der Waals surface area contributed by atoms with E-state index in [1.54, 1.807) is 24.3 Å². The molecule has 0 atom stereocenters. The molecule has 0 saturated carbocycles. The van der Waals surface area contributed by atoms with Gasteiger partial charge in [0.25, 0.3) is 0 Å². The molecule has 1 heterocycles. The lowest BCUT2D eigenvalue weighted by atomic mass is 9.97. The Morgan fingerprint density at radius 2 is 1.72 bits per heavy atom. The molecule has 0 fully saturated rings. The van der Waals surface area contributed by atoms with Gasteiger partial charge in [-0.05, 0) is 58.1 Å². The third-order valence-electron chi connectivity index (χ3n) is 7.13. The van der Waals surface area contributed by atoms with Crippen molar-refractivity contribution in [1.29, 1.82) is 0 Å². The lowest BCUT2D eigenvalue weighted by Gasteiger charge is -2.25. The second kappa shape index (κ2) is 12.0. The first-order valence-corrected chi connectivity index (χ1v) is 16.5. The van der Waals surface area contributed by atoms with Crippen LogP contribution in [0.15, 0.2) is 89.8 Å². The maximum absolute atomic E-state index is 14.4. The van der Waals surface area contributed by atoms with E-state index >= 15 is 0 Å². The van der Waals surface area contributed by atoms with Gasteiger partial charge in [-0.25, -0.2) is 8.42 Å². The molecule has 2 N–H and O–H groups in total. The Morgan fingerprint density at radius 1 is 1.00 bits per heavy atom. The van der Waals surface area contributed by atoms with Crippen molar-refractivity contribution in [2.45, 2.75) is 30.1 Å². The van der Waals surface area contributed by atoms with Gasteiger partial charge >= 0.3 is 13.3 Å². The molecule has 4 aromatic rings. The Balaban J connectivity index is 1.57. The Kier molecular flexibility index (Phi) is 8.68. The van der Waals surface area contributed by atoms with E-state index in [9.17, 15) is 21.8 Å². The first-order chi connectivity index (χ1) is 20.3. The highest BCUT2D eigenvalue weighted by atomic mass is 35.5. The zero-order valence-corrected chi connectivity index (χ0v) is 25.3. The monoisotopic (exact) mass is 649 g/mol. The molecule has 43 heavy (non-hydrogen) atoms. The molecule has 226 valence electrons. The summed E-state index contributed by atoms with van der Waals surface area (Å²) < 4.78 is 80.6. The minimum absolute atomic E-state index is 0.0968. The first-order valence-electron chi connectivity index (χ1n) is 13.0. The zero-order chi connectivity index (χ0) is 31.0. The van der Waals surface area contributed by atoms with Crippen molar-refractivity contribution < 1.29 is 41.0 Å². The third-order valence-corrected chi connectivity index (χ3v) is 10.3. The molecule has 4 aromatic carbocycles. The molecule has 0 unspecified atom stereocenters. The molecule has 0 amide bonds. The summed E-state index contributed by atoms with van der Waals surface area (Å²) in [5.74, 6) is 0.931. The van der Waals surface area contributed by atoms with E-state index in [0.717, 1.165) is 41.0 Å². The van der Waals surface area contributed by atoms with Crippen molar-refractivity contribution in [2.24, 2.45) is 0 Å². The fourth-order valence-corrected chi connectivity index (χ4v) is 7.40. The molecule has 1 aliphatic heterocycles. The normalized spacial score (nSPS) is 13.6. The smallest absolute Gasteiger partial charge is 0.399 e. The van der Waals surface area contributed by atoms with Gasteiger partial charge in [-0.1, -0.05) is 66.2 Å². The van der Waals surface area contributed by atoms with Crippen LogP contribution in [0, 0.1) is 0 Å². The Morgan fingerprint density at radius 3 is 2.44 bits per heavy atom. The minimum atomic E-state index is -5.87. The molecule has 8 nitrogen and oxygen atoms in total. The molecule has 0 spiro atoms. The van der Waals surface area contributed by atoms with Gasteiger partial charge in [-0.3, -0.25) is 4.57 Å². The topological polar surface area (TPSA) is 113 Å². The van der Waals surface area contributed by atoms with Crippen LogP contribution in [0.25, 0.3) is 11.1 Å². The van der Waals surface area contributed by atoms with Gasteiger partial charge in [0.05, 0.1) is 24.3 Å². The van der Waals surface area contributed by atoms with E-state index in [1.165, 1.54) is 29.6 Å². The van der Waals surface area contributed by atoms with Crippen molar-refractivity contribution in [3.8, 4) is 22.6 Å². The summed E-state index contributed by atoms with van der Waals surface area (Å²) in [6.07, 6.45) is 0.761. The van der Waals surface area contributed by atoms with Crippen LogP contribution >= 0.6 is 19.2 Å². The van der Waals surface area contributed by atoms with Crippen molar-refractivity contribution in [1.82, 2.24) is 4.31 Å². The molecule has 0 saturated heterocycles. The van der Waals surface area contributed by atoms with Crippen molar-refractivity contribution in [3.05, 3.63) is 112 Å². The van der Waals surface area contributed by atoms with Crippen LogP contribution in [0.3, 0.4) is 0 Å². The summed E-state index contributed by atoms with van der Waals surface area (Å²) in [4.78, 5) is 18.2. The number of methoxy groups -OCH3 is 1. The number of alkyl halides is 2. The Bertz CT molecular complexity index is 1830. The van der Waals surface area contributed by atoms with Crippen LogP contribution < -0.4 is 9.47 Å². The maximum Gasteiger partial charge on any atom is 0.399 e. The molecular weight excluding hydrogens is 623 g/mol. The average molecular weight is 650 g/mol. The van der Waals surface area contributed by atoms with Gasteiger partial charge in [0.2, 0.25) is 10.0 Å². The van der Waals surface area contributed by atoms with E-state index in [0.29, 0.717) is 12.2 Å². The molecule has 0 aliphatic carbocycles. The van der Waals surface area contributed by atoms with Gasteiger partial charge in [-0.15, -0.1) is 0 Å². The highest BCUT2D eigenvalue weighted by Gasteiger charge is 2.51. The van der Waals surface area contributed by atoms with Gasteiger partial charge in [0, 0.05) is 19.5 Å². The summed E-state index contributed by atoms with van der Waals surface area (Å²) in [6.45, 7) is 0.184. The number of halogens is 3. The number of para-hydroxylation sites is 1. The van der Waals surface area contributed by atoms with Crippen LogP contribution in [0.4, 0.5) is 8.78 Å². The van der Waals surface area contributed by atoms with Gasteiger partial charge in [0.15, 0.2) is 0 Å².